The van der Waals surface area contributed by atoms with Crippen molar-refractivity contribution in [2.24, 2.45) is 0 Å². The summed E-state index contributed by atoms with van der Waals surface area (Å²) in [6.07, 6.45) is 5.12. The van der Waals surface area contributed by atoms with Crippen LogP contribution < -0.4 is 10.6 Å². The second kappa shape index (κ2) is 5.31. The minimum Gasteiger partial charge on any atom is -0.420 e. The van der Waals surface area contributed by atoms with Crippen molar-refractivity contribution >= 4 is 11.5 Å². The van der Waals surface area contributed by atoms with Crippen LogP contribution in [0.5, 0.6) is 0 Å². The lowest BCUT2D eigenvalue weighted by Gasteiger charge is -2.12. The Balaban J connectivity index is 1.54. The first-order chi connectivity index (χ1) is 12.2. The predicted octanol–water partition coefficient (Wildman–Crippen LogP) is 3.25. The fourth-order valence-electron chi connectivity index (χ4n) is 3.39. The molecule has 5 rings (SSSR count). The normalized spacial score (nSPS) is 16.3. The van der Waals surface area contributed by atoms with Gasteiger partial charge in [0.1, 0.15) is 5.82 Å². The van der Waals surface area contributed by atoms with Crippen LogP contribution in [0.4, 0.5) is 11.5 Å². The summed E-state index contributed by atoms with van der Waals surface area (Å²) in [5.41, 5.74) is 11.6. The van der Waals surface area contributed by atoms with Gasteiger partial charge in [-0.15, -0.1) is 10.2 Å². The zero-order valence-electron chi connectivity index (χ0n) is 14.1. The maximum absolute atomic E-state index is 6.06. The Bertz CT molecular complexity index is 960. The summed E-state index contributed by atoms with van der Waals surface area (Å²) >= 11 is 0. The van der Waals surface area contributed by atoms with Crippen molar-refractivity contribution < 1.29 is 4.42 Å². The lowest BCUT2D eigenvalue weighted by Crippen LogP contribution is -2.12. The van der Waals surface area contributed by atoms with E-state index in [1.54, 1.807) is 6.20 Å². The molecule has 6 nitrogen and oxygen atoms in total. The van der Waals surface area contributed by atoms with Crippen LogP contribution in [0.3, 0.4) is 0 Å². The van der Waals surface area contributed by atoms with E-state index in [1.165, 1.54) is 11.3 Å². The summed E-state index contributed by atoms with van der Waals surface area (Å²) < 4.78 is 5.80. The first-order valence-electron chi connectivity index (χ1n) is 8.63. The molecule has 0 radical (unpaired) electrons. The molecule has 2 aromatic heterocycles. The molecule has 0 spiro atoms. The Labute approximate surface area is 145 Å². The first-order valence-corrected chi connectivity index (χ1v) is 8.63. The molecule has 3 heterocycles. The number of hydrogen-bond donors (Lipinski definition) is 1. The lowest BCUT2D eigenvalue weighted by molar-refractivity contribution is 0.508. The minimum absolute atomic E-state index is 0.413. The second-order valence-corrected chi connectivity index (χ2v) is 6.89. The van der Waals surface area contributed by atoms with Crippen LogP contribution in [0.1, 0.15) is 30.2 Å². The molecule has 1 aromatic carbocycles. The molecule has 1 fully saturated rings. The van der Waals surface area contributed by atoms with E-state index in [2.05, 4.69) is 45.3 Å². The molecule has 1 aliphatic carbocycles. The maximum atomic E-state index is 6.06. The van der Waals surface area contributed by atoms with Crippen LogP contribution in [0.15, 0.2) is 34.9 Å². The van der Waals surface area contributed by atoms with Crippen molar-refractivity contribution in [3.8, 4) is 22.6 Å². The molecule has 0 bridgehead atoms. The van der Waals surface area contributed by atoms with Crippen molar-refractivity contribution in [1.82, 2.24) is 15.2 Å². The molecular formula is C19H19N5O. The third-order valence-electron chi connectivity index (χ3n) is 5.06. The Morgan fingerprint density at radius 3 is 2.88 bits per heavy atom. The molecule has 126 valence electrons. The van der Waals surface area contributed by atoms with E-state index in [-0.39, 0.29) is 0 Å². The van der Waals surface area contributed by atoms with E-state index in [0.29, 0.717) is 29.1 Å². The number of hydrogen-bond acceptors (Lipinski definition) is 6. The molecule has 1 saturated carbocycles. The number of benzene rings is 1. The molecule has 0 atom stereocenters. The predicted molar refractivity (Wildman–Crippen MR) is 96.3 cm³/mol. The first kappa shape index (κ1) is 14.5. The molecule has 2 N–H and O–H groups in total. The van der Waals surface area contributed by atoms with Gasteiger partial charge in [-0.2, -0.15) is 0 Å². The molecular weight excluding hydrogens is 314 g/mol. The van der Waals surface area contributed by atoms with E-state index < -0.39 is 0 Å². The van der Waals surface area contributed by atoms with Gasteiger partial charge in [0, 0.05) is 37.0 Å². The fourth-order valence-corrected chi connectivity index (χ4v) is 3.39. The molecule has 1 aliphatic heterocycles. The summed E-state index contributed by atoms with van der Waals surface area (Å²) in [7, 11) is 2.13. The van der Waals surface area contributed by atoms with E-state index in [0.717, 1.165) is 36.9 Å². The number of nitrogen functional groups attached to an aromatic ring is 1. The number of anilines is 2. The van der Waals surface area contributed by atoms with E-state index in [9.17, 15) is 0 Å². The quantitative estimate of drug-likeness (QED) is 0.792. The van der Waals surface area contributed by atoms with Gasteiger partial charge >= 0.3 is 0 Å². The van der Waals surface area contributed by atoms with Crippen molar-refractivity contribution in [2.45, 2.75) is 25.2 Å². The molecule has 2 aliphatic rings. The van der Waals surface area contributed by atoms with Gasteiger partial charge in [-0.3, -0.25) is 0 Å². The van der Waals surface area contributed by atoms with Crippen LogP contribution in [0.2, 0.25) is 0 Å². The minimum atomic E-state index is 0.413. The molecule has 6 heteroatoms. The summed E-state index contributed by atoms with van der Waals surface area (Å²) in [5.74, 6) is 2.00. The molecule has 25 heavy (non-hydrogen) atoms. The summed E-state index contributed by atoms with van der Waals surface area (Å²) in [5, 5.41) is 8.32. The highest BCUT2D eigenvalue weighted by Crippen LogP contribution is 2.40. The van der Waals surface area contributed by atoms with Crippen molar-refractivity contribution in [3.63, 3.8) is 0 Å². The average molecular weight is 333 g/mol. The number of likely N-dealkylation sites (N-methyl/N-ethyl adjacent to an activating group) is 1. The highest BCUT2D eigenvalue weighted by molar-refractivity contribution is 5.77. The SMILES string of the molecule is CN1CCc2cc(-c3cnc(N)c(-c4nnc(C5CC5)o4)c3)ccc21. The van der Waals surface area contributed by atoms with Crippen molar-refractivity contribution in [3.05, 3.63) is 41.9 Å². The van der Waals surface area contributed by atoms with Gasteiger partial charge in [-0.25, -0.2) is 4.98 Å². The van der Waals surface area contributed by atoms with Crippen LogP contribution in [-0.2, 0) is 6.42 Å². The number of nitrogens with zero attached hydrogens (tertiary/aromatic N) is 4. The highest BCUT2D eigenvalue weighted by Gasteiger charge is 2.30. The Hall–Kier alpha value is -2.89. The van der Waals surface area contributed by atoms with Crippen LogP contribution in [-0.4, -0.2) is 28.8 Å². The highest BCUT2D eigenvalue weighted by atomic mass is 16.4. The van der Waals surface area contributed by atoms with Crippen LogP contribution >= 0.6 is 0 Å². The van der Waals surface area contributed by atoms with E-state index in [1.807, 2.05) is 6.07 Å². The van der Waals surface area contributed by atoms with Gasteiger partial charge in [0.2, 0.25) is 5.89 Å². The summed E-state index contributed by atoms with van der Waals surface area (Å²) in [6.45, 7) is 1.07. The second-order valence-electron chi connectivity index (χ2n) is 6.89. The van der Waals surface area contributed by atoms with Gasteiger partial charge in [0.25, 0.3) is 5.89 Å². The Morgan fingerprint density at radius 1 is 1.16 bits per heavy atom. The molecule has 3 aromatic rings. The van der Waals surface area contributed by atoms with Gasteiger partial charge in [-0.05, 0) is 48.6 Å². The molecule has 0 saturated heterocycles. The van der Waals surface area contributed by atoms with Gasteiger partial charge in [0.15, 0.2) is 0 Å². The average Bonchev–Trinajstić information content (AvgIpc) is 3.25. The van der Waals surface area contributed by atoms with Gasteiger partial charge in [0.05, 0.1) is 5.56 Å². The van der Waals surface area contributed by atoms with Crippen LogP contribution in [0.25, 0.3) is 22.6 Å². The zero-order valence-corrected chi connectivity index (χ0v) is 14.1. The maximum Gasteiger partial charge on any atom is 0.251 e. The van der Waals surface area contributed by atoms with Crippen molar-refractivity contribution in [2.75, 3.05) is 24.2 Å². The number of fused-ring (bicyclic) bond motifs is 1. The Kier molecular flexibility index (Phi) is 3.07. The van der Waals surface area contributed by atoms with E-state index >= 15 is 0 Å². The van der Waals surface area contributed by atoms with Gasteiger partial charge in [-0.1, -0.05) is 6.07 Å². The number of pyridine rings is 1. The third-order valence-corrected chi connectivity index (χ3v) is 5.06. The van der Waals surface area contributed by atoms with Crippen molar-refractivity contribution in [1.29, 1.82) is 0 Å². The Morgan fingerprint density at radius 2 is 2.04 bits per heavy atom. The monoisotopic (exact) mass is 333 g/mol. The van der Waals surface area contributed by atoms with E-state index in [4.69, 9.17) is 10.2 Å². The fraction of sp³-hybridized carbons (Fsp3) is 0.316. The molecule has 0 amide bonds. The number of aromatic nitrogens is 3. The number of rotatable bonds is 3. The lowest BCUT2D eigenvalue weighted by atomic mass is 10.0. The number of nitrogens with two attached hydrogens (primary N) is 1. The smallest absolute Gasteiger partial charge is 0.251 e. The van der Waals surface area contributed by atoms with Crippen LogP contribution in [0, 0.1) is 0 Å². The zero-order chi connectivity index (χ0) is 17.0. The standard InChI is InChI=1S/C19H19N5O/c1-24-7-6-13-8-12(4-5-16(13)24)14-9-15(17(20)21-10-14)19-23-22-18(25-19)11-2-3-11/h4-5,8-11H,2-3,6-7H2,1H3,(H2,20,21). The summed E-state index contributed by atoms with van der Waals surface area (Å²) in [6, 6.07) is 8.53. The molecule has 0 unspecified atom stereocenters. The third kappa shape index (κ3) is 2.45. The largest absolute Gasteiger partial charge is 0.420 e. The topological polar surface area (TPSA) is 81.1 Å². The summed E-state index contributed by atoms with van der Waals surface area (Å²) in [4.78, 5) is 6.63. The van der Waals surface area contributed by atoms with Gasteiger partial charge < -0.3 is 15.1 Å².